The number of ether oxygens (including phenoxy) is 1. The molecule has 2 N–H and O–H groups in total. The predicted octanol–water partition coefficient (Wildman–Crippen LogP) is 7.67. The van der Waals surface area contributed by atoms with Crippen LogP contribution in [0.2, 0.25) is 5.02 Å². The van der Waals surface area contributed by atoms with Gasteiger partial charge in [-0.1, -0.05) is 59.6 Å². The highest BCUT2D eigenvalue weighted by Crippen LogP contribution is 2.38. The highest BCUT2D eigenvalue weighted by molar-refractivity contribution is 7.90. The molecule has 0 atom stereocenters. The summed E-state index contributed by atoms with van der Waals surface area (Å²) in [6, 6.07) is 26.0. The summed E-state index contributed by atoms with van der Waals surface area (Å²) in [5.74, 6) is 0. The van der Waals surface area contributed by atoms with Gasteiger partial charge in [0.2, 0.25) is 0 Å². The summed E-state index contributed by atoms with van der Waals surface area (Å²) in [5, 5.41) is 8.26. The molecule has 0 unspecified atom stereocenters. The van der Waals surface area contributed by atoms with Crippen LogP contribution in [0.15, 0.2) is 89.8 Å². The first-order valence-corrected chi connectivity index (χ1v) is 15.6. The molecule has 5 aromatic rings. The van der Waals surface area contributed by atoms with Gasteiger partial charge in [-0.25, -0.2) is 17.2 Å². The maximum Gasteiger partial charge on any atom is 0.407 e. The highest BCUT2D eigenvalue weighted by Gasteiger charge is 2.26. The average Bonchev–Trinajstić information content (AvgIpc) is 3.26. The molecule has 0 radical (unpaired) electrons. The predicted molar refractivity (Wildman–Crippen MR) is 170 cm³/mol. The van der Waals surface area contributed by atoms with Crippen LogP contribution in [-0.4, -0.2) is 30.6 Å². The van der Waals surface area contributed by atoms with Crippen molar-refractivity contribution in [3.63, 3.8) is 0 Å². The van der Waals surface area contributed by atoms with E-state index in [0.29, 0.717) is 29.0 Å². The molecule has 0 aliphatic heterocycles. The van der Waals surface area contributed by atoms with Gasteiger partial charge in [-0.2, -0.15) is 0 Å². The standard InChI is InChI=1S/C33H34ClN3O4S/c1-22-10-13-27(14-11-22)42(39,40)37-30-15-12-25(34)19-28(30)29-20-26(36-21-23-8-6-5-7-9-23)18-24(31(29)37)16-17-35-32(38)41-33(2,3)4/h5-15,18-20,36H,16-17,21H2,1-4H3,(H,35,38). The molecule has 42 heavy (non-hydrogen) atoms. The van der Waals surface area contributed by atoms with Gasteiger partial charge in [0.25, 0.3) is 10.0 Å². The number of anilines is 1. The molecule has 0 bridgehead atoms. The van der Waals surface area contributed by atoms with Gasteiger partial charge in [-0.15, -0.1) is 0 Å². The molecule has 218 valence electrons. The molecule has 0 aliphatic rings. The Morgan fingerprint density at radius 3 is 2.33 bits per heavy atom. The first-order valence-electron chi connectivity index (χ1n) is 13.8. The Bertz CT molecular complexity index is 1860. The first-order chi connectivity index (χ1) is 19.9. The van der Waals surface area contributed by atoms with Crippen LogP contribution >= 0.6 is 11.6 Å². The van der Waals surface area contributed by atoms with E-state index >= 15 is 0 Å². The van der Waals surface area contributed by atoms with Crippen molar-refractivity contribution in [2.24, 2.45) is 0 Å². The topological polar surface area (TPSA) is 89.4 Å². The third kappa shape index (κ3) is 6.40. The molecule has 4 aromatic carbocycles. The number of amides is 1. The lowest BCUT2D eigenvalue weighted by Gasteiger charge is -2.20. The summed E-state index contributed by atoms with van der Waals surface area (Å²) in [6.07, 6.45) is -0.166. The van der Waals surface area contributed by atoms with Crippen molar-refractivity contribution in [2.75, 3.05) is 11.9 Å². The number of carbonyl (C=O) groups is 1. The minimum absolute atomic E-state index is 0.186. The molecule has 1 heterocycles. The SMILES string of the molecule is Cc1ccc(S(=O)(=O)n2c3ccc(Cl)cc3c3cc(NCc4ccccc4)cc(CCNC(=O)OC(C)(C)C)c32)cc1. The van der Waals surface area contributed by atoms with Gasteiger partial charge in [0, 0.05) is 34.6 Å². The largest absolute Gasteiger partial charge is 0.444 e. The number of hydrogen-bond donors (Lipinski definition) is 2. The number of benzene rings is 4. The Kier molecular flexibility index (Phi) is 8.21. The van der Waals surface area contributed by atoms with E-state index < -0.39 is 21.7 Å². The molecule has 0 saturated heterocycles. The van der Waals surface area contributed by atoms with Crippen molar-refractivity contribution in [3.8, 4) is 0 Å². The fraction of sp³-hybridized carbons (Fsp3) is 0.242. The Hall–Kier alpha value is -4.01. The number of aromatic nitrogens is 1. The Morgan fingerprint density at radius 2 is 1.64 bits per heavy atom. The highest BCUT2D eigenvalue weighted by atomic mass is 35.5. The summed E-state index contributed by atoms with van der Waals surface area (Å²) >= 11 is 6.43. The molecule has 9 heteroatoms. The fourth-order valence-electron chi connectivity index (χ4n) is 4.93. The third-order valence-corrected chi connectivity index (χ3v) is 8.78. The van der Waals surface area contributed by atoms with Gasteiger partial charge in [0.15, 0.2) is 0 Å². The van der Waals surface area contributed by atoms with Crippen molar-refractivity contribution in [1.29, 1.82) is 0 Å². The van der Waals surface area contributed by atoms with Crippen LogP contribution in [0.1, 0.15) is 37.5 Å². The lowest BCUT2D eigenvalue weighted by molar-refractivity contribution is 0.0528. The zero-order valence-electron chi connectivity index (χ0n) is 24.1. The fourth-order valence-corrected chi connectivity index (χ4v) is 6.67. The Balaban J connectivity index is 1.66. The van der Waals surface area contributed by atoms with E-state index in [9.17, 15) is 13.2 Å². The zero-order chi connectivity index (χ0) is 30.1. The molecule has 0 aliphatic carbocycles. The number of carbonyl (C=O) groups excluding carboxylic acids is 1. The second-order valence-corrected chi connectivity index (χ2v) is 13.5. The van der Waals surface area contributed by atoms with E-state index in [2.05, 4.69) is 10.6 Å². The number of nitrogens with zero attached hydrogens (tertiary/aromatic N) is 1. The number of alkyl carbamates (subject to hydrolysis) is 1. The Morgan fingerprint density at radius 1 is 0.929 bits per heavy atom. The van der Waals surface area contributed by atoms with Crippen LogP contribution in [0.4, 0.5) is 10.5 Å². The second-order valence-electron chi connectivity index (χ2n) is 11.3. The van der Waals surface area contributed by atoms with Crippen LogP contribution in [0, 0.1) is 6.92 Å². The molecule has 0 saturated carbocycles. The van der Waals surface area contributed by atoms with Crippen molar-refractivity contribution >= 4 is 55.2 Å². The van der Waals surface area contributed by atoms with Crippen molar-refractivity contribution < 1.29 is 17.9 Å². The van der Waals surface area contributed by atoms with E-state index in [4.69, 9.17) is 16.3 Å². The summed E-state index contributed by atoms with van der Waals surface area (Å²) in [4.78, 5) is 12.6. The smallest absolute Gasteiger partial charge is 0.407 e. The summed E-state index contributed by atoms with van der Waals surface area (Å²) in [7, 11) is -3.99. The van der Waals surface area contributed by atoms with Gasteiger partial charge >= 0.3 is 6.09 Å². The molecule has 1 amide bonds. The second kappa shape index (κ2) is 11.7. The van der Waals surface area contributed by atoms with E-state index in [1.807, 2.05) is 49.4 Å². The molecule has 0 fully saturated rings. The van der Waals surface area contributed by atoms with Crippen LogP contribution in [0.25, 0.3) is 21.8 Å². The average molecular weight is 604 g/mol. The van der Waals surface area contributed by atoms with Crippen molar-refractivity contribution in [1.82, 2.24) is 9.29 Å². The zero-order valence-corrected chi connectivity index (χ0v) is 25.6. The van der Waals surface area contributed by atoms with Crippen LogP contribution in [-0.2, 0) is 27.7 Å². The van der Waals surface area contributed by atoms with Gasteiger partial charge in [0.1, 0.15) is 5.60 Å². The summed E-state index contributed by atoms with van der Waals surface area (Å²) in [5.41, 5.74) is 4.09. The normalized spacial score (nSPS) is 12.0. The summed E-state index contributed by atoms with van der Waals surface area (Å²) < 4.78 is 35.3. The maximum absolute atomic E-state index is 14.2. The maximum atomic E-state index is 14.2. The van der Waals surface area contributed by atoms with Crippen LogP contribution in [0.5, 0.6) is 0 Å². The quantitative estimate of drug-likeness (QED) is 0.190. The number of rotatable bonds is 8. The van der Waals surface area contributed by atoms with Crippen molar-refractivity contribution in [3.05, 3.63) is 107 Å². The number of hydrogen-bond acceptors (Lipinski definition) is 5. The first kappa shape index (κ1) is 29.5. The molecular weight excluding hydrogens is 570 g/mol. The number of halogens is 1. The van der Waals surface area contributed by atoms with Crippen LogP contribution in [0.3, 0.4) is 0 Å². The van der Waals surface area contributed by atoms with E-state index in [1.165, 1.54) is 3.97 Å². The van der Waals surface area contributed by atoms with E-state index in [-0.39, 0.29) is 11.4 Å². The Labute approximate surface area is 251 Å². The number of nitrogens with one attached hydrogen (secondary N) is 2. The van der Waals surface area contributed by atoms with Crippen LogP contribution < -0.4 is 10.6 Å². The van der Waals surface area contributed by atoms with Gasteiger partial charge < -0.3 is 15.4 Å². The molecule has 1 aromatic heterocycles. The van der Waals surface area contributed by atoms with Crippen molar-refractivity contribution in [2.45, 2.75) is 51.2 Å². The lowest BCUT2D eigenvalue weighted by atomic mass is 10.0. The monoisotopic (exact) mass is 603 g/mol. The number of aryl methyl sites for hydroxylation is 1. The van der Waals surface area contributed by atoms with Gasteiger partial charge in [-0.05, 0) is 87.7 Å². The third-order valence-electron chi connectivity index (χ3n) is 6.82. The minimum atomic E-state index is -3.99. The number of fused-ring (bicyclic) bond motifs is 3. The summed E-state index contributed by atoms with van der Waals surface area (Å²) in [6.45, 7) is 8.16. The molecule has 7 nitrogen and oxygen atoms in total. The lowest BCUT2D eigenvalue weighted by Crippen LogP contribution is -2.33. The minimum Gasteiger partial charge on any atom is -0.444 e. The molecule has 0 spiro atoms. The van der Waals surface area contributed by atoms with E-state index in [0.717, 1.165) is 33.2 Å². The molecular formula is C33H34ClN3O4S. The van der Waals surface area contributed by atoms with E-state index in [1.54, 1.807) is 63.2 Å². The molecule has 5 rings (SSSR count). The van der Waals surface area contributed by atoms with Gasteiger partial charge in [-0.3, -0.25) is 0 Å². The van der Waals surface area contributed by atoms with Gasteiger partial charge in [0.05, 0.1) is 15.9 Å².